The predicted molar refractivity (Wildman–Crippen MR) is 33.9 cm³/mol. The largest absolute Gasteiger partial charge is 0.197 e. The van der Waals surface area contributed by atoms with Gasteiger partial charge in [-0.25, -0.2) is 0 Å². The summed E-state index contributed by atoms with van der Waals surface area (Å²) in [6.07, 6.45) is 0. The van der Waals surface area contributed by atoms with Crippen molar-refractivity contribution in [1.29, 1.82) is 0 Å². The molecule has 0 aromatic carbocycles. The van der Waals surface area contributed by atoms with Crippen LogP contribution in [-0.4, -0.2) is 18.5 Å². The van der Waals surface area contributed by atoms with Crippen LogP contribution in [0.25, 0.3) is 0 Å². The number of nitrogens with zero attached hydrogens (tertiary/aromatic N) is 2. The highest BCUT2D eigenvalue weighted by molar-refractivity contribution is 7.79. The molecule has 0 aliphatic carbocycles. The number of thiocarbonyl (C=S) groups is 1. The lowest BCUT2D eigenvalue weighted by atomic mass is 10.4. The Morgan fingerprint density at radius 2 is 2.29 bits per heavy atom. The predicted octanol–water partition coefficient (Wildman–Crippen LogP) is 1.46. The van der Waals surface area contributed by atoms with Crippen molar-refractivity contribution in [3.05, 3.63) is 0 Å². The van der Waals surface area contributed by atoms with Crippen molar-refractivity contribution in [2.24, 2.45) is 10.2 Å². The third-order valence-electron chi connectivity index (χ3n) is 0.495. The fourth-order valence-corrected chi connectivity index (χ4v) is 0.264. The van der Waals surface area contributed by atoms with Gasteiger partial charge in [0.2, 0.25) is 0 Å². The molecule has 0 aliphatic rings. The van der Waals surface area contributed by atoms with Crippen molar-refractivity contribution in [2.75, 3.05) is 7.05 Å². The second-order valence-corrected chi connectivity index (χ2v) is 1.46. The molecule has 0 fully saturated rings. The molecule has 0 amide bonds. The molecule has 0 rings (SSSR count). The highest BCUT2D eigenvalue weighted by Gasteiger charge is 1.85. The van der Waals surface area contributed by atoms with Crippen LogP contribution in [0.4, 0.5) is 0 Å². The lowest BCUT2D eigenvalue weighted by Gasteiger charge is -1.87. The number of rotatable bonds is 2. The molecule has 7 heavy (non-hydrogen) atoms. The molecule has 3 heteroatoms. The summed E-state index contributed by atoms with van der Waals surface area (Å²) >= 11 is 4.56. The number of azo groups is 1. The first-order valence-electron chi connectivity index (χ1n) is 2.05. The molecule has 0 bridgehead atoms. The monoisotopic (exact) mass is 116 g/mol. The summed E-state index contributed by atoms with van der Waals surface area (Å²) < 4.78 is 0. The Bertz CT molecular complexity index is 79.8. The Morgan fingerprint density at radius 1 is 1.71 bits per heavy atom. The summed E-state index contributed by atoms with van der Waals surface area (Å²) in [7, 11) is 1.63. The quantitative estimate of drug-likeness (QED) is 0.396. The van der Waals surface area contributed by atoms with Crippen molar-refractivity contribution in [2.45, 2.75) is 13.0 Å². The molecule has 0 aromatic rings. The first kappa shape index (κ1) is 6.69. The van der Waals surface area contributed by atoms with Crippen LogP contribution in [0, 0.1) is 0 Å². The Morgan fingerprint density at radius 3 is 2.43 bits per heavy atom. The molecule has 40 valence electrons. The van der Waals surface area contributed by atoms with E-state index in [2.05, 4.69) is 22.4 Å². The van der Waals surface area contributed by atoms with Gasteiger partial charge in [0.1, 0.15) is 0 Å². The third kappa shape index (κ3) is 3.52. The van der Waals surface area contributed by atoms with Gasteiger partial charge < -0.3 is 0 Å². The zero-order chi connectivity index (χ0) is 5.70. The summed E-state index contributed by atoms with van der Waals surface area (Å²) in [5.41, 5.74) is 0. The second-order valence-electron chi connectivity index (χ2n) is 1.19. The maximum absolute atomic E-state index is 4.56. The molecule has 0 radical (unpaired) electrons. The van der Waals surface area contributed by atoms with Crippen molar-refractivity contribution in [3.8, 4) is 0 Å². The van der Waals surface area contributed by atoms with Gasteiger partial charge in [0, 0.05) is 12.4 Å². The summed E-state index contributed by atoms with van der Waals surface area (Å²) in [5, 5.41) is 8.82. The highest BCUT2D eigenvalue weighted by atomic mass is 32.1. The Hall–Kier alpha value is -0.310. The molecule has 0 spiro atoms. The molecule has 1 atom stereocenters. The normalized spacial score (nSPS) is 14.6. The zero-order valence-electron chi connectivity index (χ0n) is 4.46. The summed E-state index contributed by atoms with van der Waals surface area (Å²) in [6, 6.07) is 0.0972. The Kier molecular flexibility index (Phi) is 3.69. The fourth-order valence-electron chi connectivity index (χ4n) is 0.209. The van der Waals surface area contributed by atoms with Crippen LogP contribution >= 0.6 is 12.2 Å². The molecular weight excluding hydrogens is 108 g/mol. The number of hydrogen-bond donors (Lipinski definition) is 0. The first-order chi connectivity index (χ1) is 3.31. The van der Waals surface area contributed by atoms with Crippen molar-refractivity contribution in [1.82, 2.24) is 0 Å². The van der Waals surface area contributed by atoms with Crippen LogP contribution in [0.1, 0.15) is 6.92 Å². The average Bonchev–Trinajstić information content (AvgIpc) is 1.68. The molecule has 0 saturated carbocycles. The maximum Gasteiger partial charge on any atom is 0.0961 e. The summed E-state index contributed by atoms with van der Waals surface area (Å²) in [5.74, 6) is 0. The van der Waals surface area contributed by atoms with Gasteiger partial charge in [-0.1, -0.05) is 12.2 Å². The topological polar surface area (TPSA) is 24.7 Å². The van der Waals surface area contributed by atoms with E-state index < -0.39 is 0 Å². The molecular formula is C4H8N2S. The molecule has 0 heterocycles. The van der Waals surface area contributed by atoms with Crippen LogP contribution in [0.5, 0.6) is 0 Å². The standard InChI is InChI=1S/C4H8N2S/c1-4(3-7)6-5-2/h3-4H,1-2H3. The van der Waals surface area contributed by atoms with Crippen LogP contribution in [0.3, 0.4) is 0 Å². The van der Waals surface area contributed by atoms with E-state index in [0.717, 1.165) is 0 Å². The van der Waals surface area contributed by atoms with Gasteiger partial charge in [0.25, 0.3) is 0 Å². The van der Waals surface area contributed by atoms with Crippen LogP contribution in [0.2, 0.25) is 0 Å². The second kappa shape index (κ2) is 3.87. The van der Waals surface area contributed by atoms with E-state index in [9.17, 15) is 0 Å². The first-order valence-corrected chi connectivity index (χ1v) is 2.52. The van der Waals surface area contributed by atoms with E-state index in [1.54, 1.807) is 12.4 Å². The minimum atomic E-state index is 0.0972. The van der Waals surface area contributed by atoms with E-state index in [0.29, 0.717) is 0 Å². The zero-order valence-corrected chi connectivity index (χ0v) is 5.27. The molecule has 0 aliphatic heterocycles. The lowest BCUT2D eigenvalue weighted by molar-refractivity contribution is 0.895. The van der Waals surface area contributed by atoms with Gasteiger partial charge in [-0.05, 0) is 6.92 Å². The van der Waals surface area contributed by atoms with Crippen LogP contribution < -0.4 is 0 Å². The molecule has 2 nitrogen and oxygen atoms in total. The van der Waals surface area contributed by atoms with E-state index in [-0.39, 0.29) is 6.04 Å². The summed E-state index contributed by atoms with van der Waals surface area (Å²) in [6.45, 7) is 1.89. The average molecular weight is 116 g/mol. The third-order valence-corrected chi connectivity index (χ3v) is 0.888. The smallest absolute Gasteiger partial charge is 0.0961 e. The van der Waals surface area contributed by atoms with Crippen LogP contribution in [0.15, 0.2) is 10.2 Å². The van der Waals surface area contributed by atoms with E-state index >= 15 is 0 Å². The fraction of sp³-hybridized carbons (Fsp3) is 0.750. The molecule has 0 saturated heterocycles. The summed E-state index contributed by atoms with van der Waals surface area (Å²) in [4.78, 5) is 0. The Balaban J connectivity index is 3.35. The van der Waals surface area contributed by atoms with E-state index in [1.807, 2.05) is 6.92 Å². The van der Waals surface area contributed by atoms with Gasteiger partial charge >= 0.3 is 0 Å². The van der Waals surface area contributed by atoms with Crippen molar-refractivity contribution < 1.29 is 0 Å². The highest BCUT2D eigenvalue weighted by Crippen LogP contribution is 1.82. The lowest BCUT2D eigenvalue weighted by Crippen LogP contribution is -1.93. The van der Waals surface area contributed by atoms with Gasteiger partial charge in [0.15, 0.2) is 0 Å². The van der Waals surface area contributed by atoms with Crippen molar-refractivity contribution in [3.63, 3.8) is 0 Å². The van der Waals surface area contributed by atoms with E-state index in [4.69, 9.17) is 0 Å². The van der Waals surface area contributed by atoms with Gasteiger partial charge in [-0.15, -0.1) is 0 Å². The SMILES string of the molecule is CN=NC(C)C=S. The van der Waals surface area contributed by atoms with E-state index in [1.165, 1.54) is 0 Å². The molecule has 1 unspecified atom stereocenters. The van der Waals surface area contributed by atoms with Crippen molar-refractivity contribution >= 4 is 17.6 Å². The minimum Gasteiger partial charge on any atom is -0.197 e. The Labute approximate surface area is 48.6 Å². The molecule has 0 aromatic heterocycles. The minimum absolute atomic E-state index is 0.0972. The van der Waals surface area contributed by atoms with Gasteiger partial charge in [0.05, 0.1) is 6.04 Å². The molecule has 0 N–H and O–H groups in total. The van der Waals surface area contributed by atoms with Gasteiger partial charge in [-0.2, -0.15) is 10.2 Å². The van der Waals surface area contributed by atoms with Gasteiger partial charge in [-0.3, -0.25) is 0 Å². The van der Waals surface area contributed by atoms with Crippen LogP contribution in [-0.2, 0) is 0 Å². The maximum atomic E-state index is 4.56. The number of hydrogen-bond acceptors (Lipinski definition) is 3.